The Bertz CT molecular complexity index is 578. The van der Waals surface area contributed by atoms with E-state index in [1.807, 2.05) is 32.0 Å². The number of hydrogen-bond acceptors (Lipinski definition) is 5. The van der Waals surface area contributed by atoms with Gasteiger partial charge in [0.15, 0.2) is 11.9 Å². The Morgan fingerprint density at radius 1 is 1.33 bits per heavy atom. The summed E-state index contributed by atoms with van der Waals surface area (Å²) in [7, 11) is 0. The Labute approximate surface area is 151 Å². The summed E-state index contributed by atoms with van der Waals surface area (Å²) in [5, 5.41) is 14.1. The minimum absolute atomic E-state index is 0.259. The van der Waals surface area contributed by atoms with E-state index in [0.717, 1.165) is 13.0 Å². The molecule has 0 radical (unpaired) electrons. The molecule has 2 heterocycles. The highest BCUT2D eigenvalue weighted by Crippen LogP contribution is 2.34. The van der Waals surface area contributed by atoms with Crippen molar-refractivity contribution in [2.24, 2.45) is 0 Å². The number of aliphatic hydroxyl groups excluding tert-OH is 1. The maximum Gasteiger partial charge on any atom is 0.163 e. The first-order valence-corrected chi connectivity index (χ1v) is 9.16. The van der Waals surface area contributed by atoms with Gasteiger partial charge in [0.25, 0.3) is 0 Å². The zero-order valence-corrected chi connectivity index (χ0v) is 15.5. The molecule has 0 bridgehead atoms. The van der Waals surface area contributed by atoms with Crippen molar-refractivity contribution in [3.8, 4) is 0 Å². The summed E-state index contributed by atoms with van der Waals surface area (Å²) < 4.78 is 17.3. The highest BCUT2D eigenvalue weighted by atomic mass is 79.9. The van der Waals surface area contributed by atoms with Gasteiger partial charge in [-0.25, -0.2) is 0 Å². The molecule has 0 amide bonds. The maximum absolute atomic E-state index is 10.7. The largest absolute Gasteiger partial charge is 0.487 e. The molecule has 2 saturated heterocycles. The van der Waals surface area contributed by atoms with Gasteiger partial charge in [0, 0.05) is 4.99 Å². The molecule has 4 atom stereocenters. The van der Waals surface area contributed by atoms with E-state index in [-0.39, 0.29) is 12.1 Å². The highest BCUT2D eigenvalue weighted by Gasteiger charge is 2.49. The molecular weight excluding hydrogens is 374 g/mol. The highest BCUT2D eigenvalue weighted by molar-refractivity contribution is 9.11. The fraction of sp³-hybridized carbons (Fsp3) is 0.556. The molecular formula is C18H24BrNO4. The molecule has 24 heavy (non-hydrogen) atoms. The Balaban J connectivity index is 1.58. The van der Waals surface area contributed by atoms with E-state index in [0.29, 0.717) is 12.4 Å². The molecule has 2 fully saturated rings. The maximum atomic E-state index is 10.7. The Morgan fingerprint density at radius 2 is 2.08 bits per heavy atom. The van der Waals surface area contributed by atoms with Gasteiger partial charge in [-0.15, -0.1) is 0 Å². The van der Waals surface area contributed by atoms with Gasteiger partial charge in [-0.1, -0.05) is 46.3 Å². The molecule has 3 rings (SSSR count). The summed E-state index contributed by atoms with van der Waals surface area (Å²) in [5.74, 6) is 0.0547. The van der Waals surface area contributed by atoms with Crippen LogP contribution in [-0.2, 0) is 20.6 Å². The van der Waals surface area contributed by atoms with Crippen molar-refractivity contribution < 1.29 is 19.3 Å². The SMILES string of the molecule is CC1(C)OC[C@H]([C@H]2O/C(=C\Br)[C@H](NCCc3ccccc3)[C@H]2O)O1. The van der Waals surface area contributed by atoms with Crippen LogP contribution in [0.5, 0.6) is 0 Å². The lowest BCUT2D eigenvalue weighted by molar-refractivity contribution is -0.156. The van der Waals surface area contributed by atoms with Gasteiger partial charge in [-0.2, -0.15) is 0 Å². The monoisotopic (exact) mass is 397 g/mol. The lowest BCUT2D eigenvalue weighted by Gasteiger charge is -2.23. The summed E-state index contributed by atoms with van der Waals surface area (Å²) in [6, 6.07) is 10.00. The summed E-state index contributed by atoms with van der Waals surface area (Å²) >= 11 is 3.33. The molecule has 0 spiro atoms. The first-order chi connectivity index (χ1) is 11.5. The third-order valence-electron chi connectivity index (χ3n) is 4.38. The fourth-order valence-corrected chi connectivity index (χ4v) is 3.56. The summed E-state index contributed by atoms with van der Waals surface area (Å²) in [6.45, 7) is 4.90. The van der Waals surface area contributed by atoms with Crippen molar-refractivity contribution in [2.45, 2.75) is 50.4 Å². The van der Waals surface area contributed by atoms with Crippen LogP contribution in [0.15, 0.2) is 41.1 Å². The third-order valence-corrected chi connectivity index (χ3v) is 4.83. The number of aliphatic hydroxyl groups is 1. The van der Waals surface area contributed by atoms with Gasteiger partial charge < -0.3 is 24.6 Å². The average molecular weight is 398 g/mol. The number of halogens is 1. The second kappa shape index (κ2) is 7.54. The van der Waals surface area contributed by atoms with Gasteiger partial charge in [0.2, 0.25) is 0 Å². The van der Waals surface area contributed by atoms with Crippen LogP contribution in [0.3, 0.4) is 0 Å². The Kier molecular flexibility index (Phi) is 5.62. The predicted octanol–water partition coefficient (Wildman–Crippen LogP) is 2.33. The number of hydrogen-bond donors (Lipinski definition) is 2. The normalized spacial score (nSPS) is 33.8. The molecule has 6 heteroatoms. The van der Waals surface area contributed by atoms with Crippen molar-refractivity contribution in [1.82, 2.24) is 5.32 Å². The van der Waals surface area contributed by atoms with Gasteiger partial charge in [-0.05, 0) is 32.4 Å². The van der Waals surface area contributed by atoms with Crippen molar-refractivity contribution in [3.63, 3.8) is 0 Å². The standard InChI is InChI=1S/C18H24BrNO4/c1-18(2)22-11-14(24-18)17-16(21)15(13(10-19)23-17)20-9-8-12-6-4-3-5-7-12/h3-7,10,14-17,20-21H,8-9,11H2,1-2H3/b13-10-/t14-,15+,16-,17-/m1/s1. The molecule has 1 aromatic rings. The van der Waals surface area contributed by atoms with Crippen molar-refractivity contribution in [1.29, 1.82) is 0 Å². The van der Waals surface area contributed by atoms with E-state index in [1.165, 1.54) is 5.56 Å². The zero-order chi connectivity index (χ0) is 17.2. The zero-order valence-electron chi connectivity index (χ0n) is 13.9. The second-order valence-electron chi connectivity index (χ2n) is 6.62. The van der Waals surface area contributed by atoms with Gasteiger partial charge in [-0.3, -0.25) is 0 Å². The van der Waals surface area contributed by atoms with Crippen molar-refractivity contribution in [2.75, 3.05) is 13.2 Å². The molecule has 5 nitrogen and oxygen atoms in total. The minimum atomic E-state index is -0.688. The number of ether oxygens (including phenoxy) is 3. The van der Waals surface area contributed by atoms with E-state index in [4.69, 9.17) is 14.2 Å². The topological polar surface area (TPSA) is 60.0 Å². The van der Waals surface area contributed by atoms with Crippen LogP contribution >= 0.6 is 15.9 Å². The lowest BCUT2D eigenvalue weighted by atomic mass is 10.0. The van der Waals surface area contributed by atoms with Crippen LogP contribution in [0.2, 0.25) is 0 Å². The number of rotatable bonds is 5. The van der Waals surface area contributed by atoms with E-state index in [1.54, 1.807) is 4.99 Å². The van der Waals surface area contributed by atoms with E-state index in [9.17, 15) is 5.11 Å². The van der Waals surface area contributed by atoms with Crippen LogP contribution in [0.4, 0.5) is 0 Å². The van der Waals surface area contributed by atoms with Gasteiger partial charge >= 0.3 is 0 Å². The lowest BCUT2D eigenvalue weighted by Crippen LogP contribution is -2.45. The van der Waals surface area contributed by atoms with Crippen LogP contribution in [-0.4, -0.2) is 48.4 Å². The molecule has 132 valence electrons. The van der Waals surface area contributed by atoms with Crippen LogP contribution in [0.25, 0.3) is 0 Å². The smallest absolute Gasteiger partial charge is 0.163 e. The fourth-order valence-electron chi connectivity index (χ4n) is 3.16. The summed E-state index contributed by atoms with van der Waals surface area (Å²) in [6.07, 6.45) is -0.518. The summed E-state index contributed by atoms with van der Waals surface area (Å²) in [4.78, 5) is 1.72. The Morgan fingerprint density at radius 3 is 2.71 bits per heavy atom. The van der Waals surface area contributed by atoms with Gasteiger partial charge in [0.1, 0.15) is 18.0 Å². The average Bonchev–Trinajstić information content (AvgIpc) is 3.08. The van der Waals surface area contributed by atoms with Crippen LogP contribution in [0, 0.1) is 0 Å². The van der Waals surface area contributed by atoms with Crippen molar-refractivity contribution >= 4 is 15.9 Å². The van der Waals surface area contributed by atoms with Crippen LogP contribution in [0.1, 0.15) is 19.4 Å². The quantitative estimate of drug-likeness (QED) is 0.798. The minimum Gasteiger partial charge on any atom is -0.487 e. The van der Waals surface area contributed by atoms with Crippen LogP contribution < -0.4 is 5.32 Å². The molecule has 0 aliphatic carbocycles. The van der Waals surface area contributed by atoms with Crippen molar-refractivity contribution in [3.05, 3.63) is 46.6 Å². The molecule has 1 aromatic carbocycles. The molecule has 0 aromatic heterocycles. The van der Waals surface area contributed by atoms with E-state index >= 15 is 0 Å². The second-order valence-corrected chi connectivity index (χ2v) is 7.08. The molecule has 2 N–H and O–H groups in total. The third kappa shape index (κ3) is 4.00. The Hall–Kier alpha value is -0.920. The number of benzene rings is 1. The molecule has 2 aliphatic heterocycles. The summed E-state index contributed by atoms with van der Waals surface area (Å²) in [5.41, 5.74) is 1.26. The molecule has 2 aliphatic rings. The van der Waals surface area contributed by atoms with E-state index < -0.39 is 18.0 Å². The number of nitrogens with one attached hydrogen (secondary N) is 1. The first kappa shape index (κ1) is 17.9. The predicted molar refractivity (Wildman–Crippen MR) is 94.7 cm³/mol. The van der Waals surface area contributed by atoms with Gasteiger partial charge in [0.05, 0.1) is 12.6 Å². The first-order valence-electron chi connectivity index (χ1n) is 8.24. The molecule has 0 saturated carbocycles. The molecule has 0 unspecified atom stereocenters. The van der Waals surface area contributed by atoms with E-state index in [2.05, 4.69) is 33.4 Å².